The van der Waals surface area contributed by atoms with Gasteiger partial charge in [-0.3, -0.25) is 4.79 Å². The lowest BCUT2D eigenvalue weighted by Gasteiger charge is -2.16. The van der Waals surface area contributed by atoms with E-state index < -0.39 is 15.9 Å². The molecular formula is C32H33NO3S2. The van der Waals surface area contributed by atoms with E-state index >= 15 is 0 Å². The zero-order valence-corrected chi connectivity index (χ0v) is 23.2. The molecule has 38 heavy (non-hydrogen) atoms. The fourth-order valence-electron chi connectivity index (χ4n) is 4.29. The van der Waals surface area contributed by atoms with Crippen LogP contribution in [-0.2, 0) is 16.4 Å². The van der Waals surface area contributed by atoms with Gasteiger partial charge in [-0.15, -0.1) is 11.8 Å². The van der Waals surface area contributed by atoms with Crippen LogP contribution < -0.4 is 4.72 Å². The molecule has 4 aromatic carbocycles. The third kappa shape index (κ3) is 7.36. The van der Waals surface area contributed by atoms with Crippen LogP contribution in [0.25, 0.3) is 11.1 Å². The lowest BCUT2D eigenvalue weighted by molar-refractivity contribution is 0.0980. The highest BCUT2D eigenvalue weighted by atomic mass is 32.2. The standard InChI is InChI=1S/C32H33NO3S2/c1-2-3-4-11-23-37-31-18-12-17-29(32(34)33-38(35,36)28-15-9-6-10-16-28)30(31)24-25-19-21-27(22-20-25)26-13-7-5-8-14-26/h5-10,12-22H,2-4,11,23-24H2,1H3,(H,33,34). The number of thioether (sulfide) groups is 1. The van der Waals surface area contributed by atoms with E-state index in [1.165, 1.54) is 31.4 Å². The van der Waals surface area contributed by atoms with Crippen molar-refractivity contribution in [2.45, 2.75) is 48.8 Å². The molecule has 0 bridgehead atoms. The number of carbonyl (C=O) groups is 1. The van der Waals surface area contributed by atoms with Gasteiger partial charge in [-0.05, 0) is 65.1 Å². The minimum atomic E-state index is -3.98. The maximum absolute atomic E-state index is 13.4. The highest BCUT2D eigenvalue weighted by molar-refractivity contribution is 7.99. The van der Waals surface area contributed by atoms with Crippen LogP contribution in [0.5, 0.6) is 0 Å². The predicted octanol–water partition coefficient (Wildman–Crippen LogP) is 7.74. The van der Waals surface area contributed by atoms with Gasteiger partial charge in [0.1, 0.15) is 0 Å². The summed E-state index contributed by atoms with van der Waals surface area (Å²) >= 11 is 1.73. The van der Waals surface area contributed by atoms with E-state index in [9.17, 15) is 13.2 Å². The molecule has 4 nitrogen and oxygen atoms in total. The Balaban J connectivity index is 1.61. The van der Waals surface area contributed by atoms with Crippen molar-refractivity contribution in [3.05, 3.63) is 120 Å². The number of unbranched alkanes of at least 4 members (excludes halogenated alkanes) is 3. The maximum atomic E-state index is 13.4. The van der Waals surface area contributed by atoms with Crippen molar-refractivity contribution in [1.29, 1.82) is 0 Å². The lowest BCUT2D eigenvalue weighted by Crippen LogP contribution is -2.31. The summed E-state index contributed by atoms with van der Waals surface area (Å²) < 4.78 is 28.0. The van der Waals surface area contributed by atoms with Crippen LogP contribution in [0, 0.1) is 0 Å². The molecule has 0 atom stereocenters. The van der Waals surface area contributed by atoms with Crippen LogP contribution in [0.2, 0.25) is 0 Å². The van der Waals surface area contributed by atoms with E-state index in [4.69, 9.17) is 0 Å². The van der Waals surface area contributed by atoms with Crippen LogP contribution in [0.4, 0.5) is 0 Å². The third-order valence-corrected chi connectivity index (χ3v) is 8.89. The van der Waals surface area contributed by atoms with Crippen molar-refractivity contribution in [3.63, 3.8) is 0 Å². The highest BCUT2D eigenvalue weighted by Gasteiger charge is 2.22. The first kappa shape index (κ1) is 27.7. The van der Waals surface area contributed by atoms with Gasteiger partial charge in [-0.2, -0.15) is 0 Å². The molecule has 0 unspecified atom stereocenters. The third-order valence-electron chi connectivity index (χ3n) is 6.36. The van der Waals surface area contributed by atoms with E-state index in [2.05, 4.69) is 48.0 Å². The number of benzene rings is 4. The van der Waals surface area contributed by atoms with Gasteiger partial charge in [0.2, 0.25) is 0 Å². The molecule has 1 amide bonds. The summed E-state index contributed by atoms with van der Waals surface area (Å²) in [6.07, 6.45) is 5.19. The fraction of sp³-hybridized carbons (Fsp3) is 0.219. The number of hydrogen-bond donors (Lipinski definition) is 1. The van der Waals surface area contributed by atoms with Gasteiger partial charge in [0, 0.05) is 10.5 Å². The Morgan fingerprint density at radius 3 is 2.08 bits per heavy atom. The Morgan fingerprint density at radius 1 is 0.737 bits per heavy atom. The zero-order chi connectivity index (χ0) is 26.8. The summed E-state index contributed by atoms with van der Waals surface area (Å²) in [7, 11) is -3.98. The first-order chi connectivity index (χ1) is 18.5. The van der Waals surface area contributed by atoms with Crippen molar-refractivity contribution in [3.8, 4) is 11.1 Å². The predicted molar refractivity (Wildman–Crippen MR) is 157 cm³/mol. The normalized spacial score (nSPS) is 11.3. The fourth-order valence-corrected chi connectivity index (χ4v) is 6.38. The summed E-state index contributed by atoms with van der Waals surface area (Å²) in [5, 5.41) is 0. The monoisotopic (exact) mass is 543 g/mol. The molecule has 0 heterocycles. The zero-order valence-electron chi connectivity index (χ0n) is 21.6. The second kappa shape index (κ2) is 13.4. The summed E-state index contributed by atoms with van der Waals surface area (Å²) in [6, 6.07) is 32.1. The molecule has 0 saturated carbocycles. The lowest BCUT2D eigenvalue weighted by atomic mass is 9.97. The summed E-state index contributed by atoms with van der Waals surface area (Å²) in [6.45, 7) is 2.19. The number of carbonyl (C=O) groups excluding carboxylic acids is 1. The number of sulfonamides is 1. The molecule has 1 N–H and O–H groups in total. The SMILES string of the molecule is CCCCCCSc1cccc(C(=O)NS(=O)(=O)c2ccccc2)c1Cc1ccc(-c2ccccc2)cc1. The number of rotatable bonds is 12. The van der Waals surface area contributed by atoms with Crippen LogP contribution in [-0.4, -0.2) is 20.1 Å². The van der Waals surface area contributed by atoms with Gasteiger partial charge in [-0.1, -0.05) is 105 Å². The minimum absolute atomic E-state index is 0.0628. The quantitative estimate of drug-likeness (QED) is 0.147. The van der Waals surface area contributed by atoms with Crippen LogP contribution in [0.1, 0.15) is 54.1 Å². The van der Waals surface area contributed by atoms with Crippen molar-refractivity contribution >= 4 is 27.7 Å². The van der Waals surface area contributed by atoms with Gasteiger partial charge >= 0.3 is 0 Å². The van der Waals surface area contributed by atoms with Gasteiger partial charge in [0.05, 0.1) is 4.90 Å². The average Bonchev–Trinajstić information content (AvgIpc) is 2.94. The summed E-state index contributed by atoms with van der Waals surface area (Å²) in [5.74, 6) is 0.339. The number of nitrogens with one attached hydrogen (secondary N) is 1. The van der Waals surface area contributed by atoms with Crippen molar-refractivity contribution in [2.24, 2.45) is 0 Å². The molecule has 4 aromatic rings. The van der Waals surface area contributed by atoms with E-state index in [0.717, 1.165) is 39.3 Å². The van der Waals surface area contributed by atoms with Crippen LogP contribution >= 0.6 is 11.8 Å². The molecule has 0 aromatic heterocycles. The van der Waals surface area contributed by atoms with Gasteiger partial charge < -0.3 is 0 Å². The van der Waals surface area contributed by atoms with Crippen LogP contribution in [0.3, 0.4) is 0 Å². The highest BCUT2D eigenvalue weighted by Crippen LogP contribution is 2.30. The second-order valence-electron chi connectivity index (χ2n) is 9.18. The summed E-state index contributed by atoms with van der Waals surface area (Å²) in [5.41, 5.74) is 4.56. The second-order valence-corrected chi connectivity index (χ2v) is 12.0. The number of hydrogen-bond acceptors (Lipinski definition) is 4. The smallest absolute Gasteiger partial charge is 0.265 e. The molecule has 0 aliphatic rings. The van der Waals surface area contributed by atoms with Gasteiger partial charge in [0.25, 0.3) is 15.9 Å². The van der Waals surface area contributed by atoms with Gasteiger partial charge in [0.15, 0.2) is 0 Å². The number of amides is 1. The Labute approximate surface area is 230 Å². The molecule has 0 saturated heterocycles. The van der Waals surface area contributed by atoms with E-state index in [1.54, 1.807) is 36.0 Å². The Hall–Kier alpha value is -3.35. The molecule has 0 aliphatic heterocycles. The molecule has 0 fully saturated rings. The van der Waals surface area contributed by atoms with E-state index in [1.807, 2.05) is 30.3 Å². The molecule has 4 rings (SSSR count). The molecule has 0 spiro atoms. The van der Waals surface area contributed by atoms with Crippen molar-refractivity contribution < 1.29 is 13.2 Å². The maximum Gasteiger partial charge on any atom is 0.265 e. The molecular weight excluding hydrogens is 510 g/mol. The Morgan fingerprint density at radius 2 is 1.39 bits per heavy atom. The van der Waals surface area contributed by atoms with Crippen molar-refractivity contribution in [2.75, 3.05) is 5.75 Å². The Kier molecular flexibility index (Phi) is 9.79. The van der Waals surface area contributed by atoms with Gasteiger partial charge in [-0.25, -0.2) is 13.1 Å². The largest absolute Gasteiger partial charge is 0.268 e. The topological polar surface area (TPSA) is 63.2 Å². The van der Waals surface area contributed by atoms with E-state index in [0.29, 0.717) is 12.0 Å². The molecule has 6 heteroatoms. The van der Waals surface area contributed by atoms with E-state index in [-0.39, 0.29) is 4.90 Å². The molecule has 0 radical (unpaired) electrons. The molecule has 196 valence electrons. The van der Waals surface area contributed by atoms with Crippen molar-refractivity contribution in [1.82, 2.24) is 4.72 Å². The average molecular weight is 544 g/mol. The first-order valence-corrected chi connectivity index (χ1v) is 15.5. The minimum Gasteiger partial charge on any atom is -0.268 e. The molecule has 0 aliphatic carbocycles. The summed E-state index contributed by atoms with van der Waals surface area (Å²) in [4.78, 5) is 14.4. The Bertz CT molecular complexity index is 1440. The van der Waals surface area contributed by atoms with Crippen LogP contribution in [0.15, 0.2) is 113 Å². The first-order valence-electron chi connectivity index (χ1n) is 13.0.